The third kappa shape index (κ3) is 11.3. The fourth-order valence-corrected chi connectivity index (χ4v) is 3.11. The number of amides is 4. The number of hydrogen-bond donors (Lipinski definition) is 9. The molecule has 0 aliphatic rings. The molecular weight excluding hydrogens is 510 g/mol. The van der Waals surface area contributed by atoms with Crippen molar-refractivity contribution >= 4 is 41.5 Å². The first-order valence-corrected chi connectivity index (χ1v) is 11.1. The Morgan fingerprint density at radius 3 is 1.74 bits per heavy atom. The van der Waals surface area contributed by atoms with E-state index < -0.39 is 91.4 Å². The van der Waals surface area contributed by atoms with Gasteiger partial charge in [0.1, 0.15) is 23.9 Å². The third-order valence-electron chi connectivity index (χ3n) is 5.05. The standard InChI is InChI=1S/C22H29N5O11/c23-12(8-17(30)31)19(34)26-14(9-18(32)33)21(36)25-13(5-6-16(24)29)20(35)27-15(22(37)38)7-10-1-3-11(28)4-2-10/h1-4,12-15,28H,5-9,23H2,(H2,24,29)(H,25,36)(H,26,34)(H,27,35)(H,30,31)(H,32,33)(H,37,38). The van der Waals surface area contributed by atoms with Gasteiger partial charge in [-0.1, -0.05) is 12.1 Å². The molecule has 38 heavy (non-hydrogen) atoms. The number of nitrogens with one attached hydrogen (secondary N) is 3. The van der Waals surface area contributed by atoms with Crippen LogP contribution in [0.5, 0.6) is 5.75 Å². The topological polar surface area (TPSA) is 289 Å². The summed E-state index contributed by atoms with van der Waals surface area (Å²) in [6.07, 6.45) is -2.82. The van der Waals surface area contributed by atoms with Gasteiger partial charge in [-0.25, -0.2) is 4.79 Å². The molecular formula is C22H29N5O11. The monoisotopic (exact) mass is 539 g/mol. The molecule has 0 radical (unpaired) electrons. The van der Waals surface area contributed by atoms with Gasteiger partial charge in [-0.05, 0) is 24.1 Å². The molecule has 0 saturated carbocycles. The van der Waals surface area contributed by atoms with E-state index in [0.29, 0.717) is 5.56 Å². The van der Waals surface area contributed by atoms with Crippen LogP contribution in [0.25, 0.3) is 0 Å². The van der Waals surface area contributed by atoms with Crippen molar-refractivity contribution in [3.8, 4) is 5.75 Å². The number of carbonyl (C=O) groups is 7. The molecule has 0 aromatic heterocycles. The van der Waals surface area contributed by atoms with E-state index in [2.05, 4.69) is 10.6 Å². The van der Waals surface area contributed by atoms with Crippen molar-refractivity contribution in [1.29, 1.82) is 0 Å². The van der Waals surface area contributed by atoms with Crippen LogP contribution in [0.3, 0.4) is 0 Å². The van der Waals surface area contributed by atoms with Crippen molar-refractivity contribution in [3.63, 3.8) is 0 Å². The first-order valence-electron chi connectivity index (χ1n) is 11.1. The van der Waals surface area contributed by atoms with Crippen molar-refractivity contribution in [2.45, 2.75) is 56.3 Å². The highest BCUT2D eigenvalue weighted by molar-refractivity contribution is 5.96. The summed E-state index contributed by atoms with van der Waals surface area (Å²) in [5.74, 6) is -8.70. The van der Waals surface area contributed by atoms with Crippen LogP contribution >= 0.6 is 0 Å². The van der Waals surface area contributed by atoms with Crippen LogP contribution in [0.15, 0.2) is 24.3 Å². The maximum absolute atomic E-state index is 12.9. The summed E-state index contributed by atoms with van der Waals surface area (Å²) in [6.45, 7) is 0. The summed E-state index contributed by atoms with van der Waals surface area (Å²) in [4.78, 5) is 82.7. The average Bonchev–Trinajstić information content (AvgIpc) is 2.80. The zero-order valence-electron chi connectivity index (χ0n) is 20.0. The second kappa shape index (κ2) is 14.7. The van der Waals surface area contributed by atoms with Crippen molar-refractivity contribution in [2.24, 2.45) is 11.5 Å². The van der Waals surface area contributed by atoms with E-state index in [4.69, 9.17) is 21.7 Å². The third-order valence-corrected chi connectivity index (χ3v) is 5.05. The number of carboxylic acids is 3. The van der Waals surface area contributed by atoms with Crippen LogP contribution < -0.4 is 27.4 Å². The molecule has 4 unspecified atom stereocenters. The zero-order valence-corrected chi connectivity index (χ0v) is 20.0. The number of carbonyl (C=O) groups excluding carboxylic acids is 4. The number of hydrogen-bond acceptors (Lipinski definition) is 9. The molecule has 1 rings (SSSR count). The Balaban J connectivity index is 3.07. The predicted octanol–water partition coefficient (Wildman–Crippen LogP) is -2.98. The van der Waals surface area contributed by atoms with Gasteiger partial charge >= 0.3 is 17.9 Å². The number of carboxylic acid groups (broad SMARTS) is 3. The summed E-state index contributed by atoms with van der Waals surface area (Å²) in [5, 5.41) is 43.1. The minimum absolute atomic E-state index is 0.0641. The van der Waals surface area contributed by atoms with Crippen LogP contribution in [0, 0.1) is 0 Å². The molecule has 208 valence electrons. The largest absolute Gasteiger partial charge is 0.508 e. The molecule has 4 amide bonds. The van der Waals surface area contributed by atoms with Gasteiger partial charge in [0.05, 0.1) is 18.9 Å². The van der Waals surface area contributed by atoms with E-state index in [1.165, 1.54) is 24.3 Å². The summed E-state index contributed by atoms with van der Waals surface area (Å²) >= 11 is 0. The Bertz CT molecular complexity index is 1060. The van der Waals surface area contributed by atoms with Crippen LogP contribution in [0.2, 0.25) is 0 Å². The van der Waals surface area contributed by atoms with Gasteiger partial charge in [-0.3, -0.25) is 28.8 Å². The minimum Gasteiger partial charge on any atom is -0.508 e. The molecule has 11 N–H and O–H groups in total. The van der Waals surface area contributed by atoms with E-state index in [-0.39, 0.29) is 12.2 Å². The number of aliphatic carboxylic acids is 3. The summed E-state index contributed by atoms with van der Waals surface area (Å²) in [5.41, 5.74) is 11.0. The normalized spacial score (nSPS) is 13.7. The predicted molar refractivity (Wildman–Crippen MR) is 126 cm³/mol. The molecule has 0 spiro atoms. The highest BCUT2D eigenvalue weighted by Crippen LogP contribution is 2.12. The maximum atomic E-state index is 12.9. The summed E-state index contributed by atoms with van der Waals surface area (Å²) < 4.78 is 0. The molecule has 0 aliphatic carbocycles. The lowest BCUT2D eigenvalue weighted by Gasteiger charge is -2.24. The number of rotatable bonds is 16. The maximum Gasteiger partial charge on any atom is 0.326 e. The van der Waals surface area contributed by atoms with E-state index >= 15 is 0 Å². The number of phenolic OH excluding ortho intramolecular Hbond substituents is 1. The van der Waals surface area contributed by atoms with E-state index in [1.54, 1.807) is 0 Å². The second-order valence-corrected chi connectivity index (χ2v) is 8.20. The van der Waals surface area contributed by atoms with E-state index in [1.807, 2.05) is 5.32 Å². The second-order valence-electron chi connectivity index (χ2n) is 8.20. The number of aromatic hydroxyl groups is 1. The van der Waals surface area contributed by atoms with Gasteiger partial charge in [0.15, 0.2) is 0 Å². The summed E-state index contributed by atoms with van der Waals surface area (Å²) in [6, 6.07) is -0.995. The van der Waals surface area contributed by atoms with Gasteiger partial charge in [0, 0.05) is 12.8 Å². The van der Waals surface area contributed by atoms with Gasteiger partial charge in [-0.15, -0.1) is 0 Å². The average molecular weight is 539 g/mol. The number of primary amides is 1. The fraction of sp³-hybridized carbons (Fsp3) is 0.409. The van der Waals surface area contributed by atoms with Crippen molar-refractivity contribution in [3.05, 3.63) is 29.8 Å². The van der Waals surface area contributed by atoms with Gasteiger partial charge in [0.25, 0.3) is 0 Å². The Kier molecular flexibility index (Phi) is 12.1. The Morgan fingerprint density at radius 1 is 0.737 bits per heavy atom. The lowest BCUT2D eigenvalue weighted by atomic mass is 10.0. The molecule has 0 fully saturated rings. The number of benzene rings is 1. The molecule has 0 heterocycles. The lowest BCUT2D eigenvalue weighted by molar-refractivity contribution is -0.143. The van der Waals surface area contributed by atoms with E-state index in [9.17, 15) is 43.8 Å². The minimum atomic E-state index is -1.80. The fourth-order valence-electron chi connectivity index (χ4n) is 3.11. The molecule has 1 aromatic carbocycles. The first kappa shape index (κ1) is 31.3. The molecule has 0 bridgehead atoms. The van der Waals surface area contributed by atoms with E-state index in [0.717, 1.165) is 0 Å². The highest BCUT2D eigenvalue weighted by Gasteiger charge is 2.32. The molecule has 16 nitrogen and oxygen atoms in total. The molecule has 4 atom stereocenters. The van der Waals surface area contributed by atoms with Crippen molar-refractivity contribution in [2.75, 3.05) is 0 Å². The Hall–Kier alpha value is -4.73. The van der Waals surface area contributed by atoms with Crippen LogP contribution in [0.4, 0.5) is 0 Å². The zero-order chi connectivity index (χ0) is 29.0. The molecule has 0 saturated heterocycles. The van der Waals surface area contributed by atoms with Gasteiger partial charge in [0.2, 0.25) is 23.6 Å². The molecule has 1 aromatic rings. The Morgan fingerprint density at radius 2 is 1.24 bits per heavy atom. The van der Waals surface area contributed by atoms with Crippen LogP contribution in [0.1, 0.15) is 31.2 Å². The van der Waals surface area contributed by atoms with Crippen molar-refractivity contribution < 1.29 is 54.0 Å². The highest BCUT2D eigenvalue weighted by atomic mass is 16.4. The first-order chi connectivity index (χ1) is 17.7. The van der Waals surface area contributed by atoms with Crippen LogP contribution in [-0.2, 0) is 40.0 Å². The lowest BCUT2D eigenvalue weighted by Crippen LogP contribution is -2.57. The quantitative estimate of drug-likeness (QED) is 0.102. The SMILES string of the molecule is NC(=O)CCC(NC(=O)C(CC(=O)O)NC(=O)C(N)CC(=O)O)C(=O)NC(Cc1ccc(O)cc1)C(=O)O. The van der Waals surface area contributed by atoms with Gasteiger partial charge in [-0.2, -0.15) is 0 Å². The molecule has 0 aliphatic heterocycles. The van der Waals surface area contributed by atoms with Crippen LogP contribution in [-0.4, -0.2) is 86.1 Å². The number of phenols is 1. The van der Waals surface area contributed by atoms with Gasteiger partial charge < -0.3 is 47.8 Å². The smallest absolute Gasteiger partial charge is 0.326 e. The number of nitrogens with two attached hydrogens (primary N) is 2. The van der Waals surface area contributed by atoms with Crippen molar-refractivity contribution in [1.82, 2.24) is 16.0 Å². The molecule has 16 heteroatoms. The Labute approximate surface area is 215 Å². The summed E-state index contributed by atoms with van der Waals surface area (Å²) in [7, 11) is 0.